The second-order valence-corrected chi connectivity index (χ2v) is 6.00. The summed E-state index contributed by atoms with van der Waals surface area (Å²) in [5.74, 6) is 0.661. The normalized spacial score (nSPS) is 14.6. The lowest BCUT2D eigenvalue weighted by molar-refractivity contribution is 0.510. The molecule has 3 N–H and O–H groups in total. The second kappa shape index (κ2) is 4.17. The number of hydrogen-bond acceptors (Lipinski definition) is 2. The van der Waals surface area contributed by atoms with Gasteiger partial charge in [-0.1, -0.05) is 45.0 Å². The third kappa shape index (κ3) is 1.66. The lowest BCUT2D eigenvalue weighted by Gasteiger charge is -2.25. The molecule has 102 valence electrons. The second-order valence-electron chi connectivity index (χ2n) is 6.00. The van der Waals surface area contributed by atoms with Gasteiger partial charge in [0.2, 0.25) is 0 Å². The molecule has 3 rings (SSSR count). The molecule has 0 saturated heterocycles. The molecular weight excluding hydrogens is 246 g/mol. The fourth-order valence-electron chi connectivity index (χ4n) is 2.87. The molecule has 0 unspecified atom stereocenters. The minimum Gasteiger partial charge on any atom is -0.325 e. The maximum Gasteiger partial charge on any atom is 0.132 e. The molecule has 1 aliphatic heterocycles. The van der Waals surface area contributed by atoms with E-state index in [2.05, 4.69) is 50.4 Å². The molecule has 0 atom stereocenters. The van der Waals surface area contributed by atoms with E-state index < -0.39 is 0 Å². The zero-order chi connectivity index (χ0) is 14.5. The highest BCUT2D eigenvalue weighted by atomic mass is 15.0. The van der Waals surface area contributed by atoms with Crippen molar-refractivity contribution in [3.05, 3.63) is 47.0 Å². The van der Waals surface area contributed by atoms with Gasteiger partial charge in [-0.2, -0.15) is 0 Å². The molecular formula is C17H19N3. The van der Waals surface area contributed by atoms with Crippen LogP contribution >= 0.6 is 0 Å². The summed E-state index contributed by atoms with van der Waals surface area (Å²) in [6.07, 6.45) is 1.06. The summed E-state index contributed by atoms with van der Waals surface area (Å²) in [4.78, 5) is 0. The molecule has 0 radical (unpaired) electrons. The summed E-state index contributed by atoms with van der Waals surface area (Å²) < 4.78 is 0. The average molecular weight is 265 g/mol. The molecule has 3 heteroatoms. The van der Waals surface area contributed by atoms with Gasteiger partial charge in [0, 0.05) is 11.1 Å². The van der Waals surface area contributed by atoms with Crippen LogP contribution in [0, 0.1) is 10.8 Å². The quantitative estimate of drug-likeness (QED) is 0.760. The summed E-state index contributed by atoms with van der Waals surface area (Å²) >= 11 is 0. The van der Waals surface area contributed by atoms with Gasteiger partial charge < -0.3 is 5.32 Å². The lowest BCUT2D eigenvalue weighted by atomic mass is 9.79. The maximum atomic E-state index is 8.06. The van der Waals surface area contributed by atoms with Crippen molar-refractivity contribution in [3.8, 4) is 0 Å². The molecule has 1 aliphatic rings. The molecule has 3 nitrogen and oxygen atoms in total. The topological polar surface area (TPSA) is 59.7 Å². The van der Waals surface area contributed by atoms with E-state index in [0.29, 0.717) is 11.7 Å². The van der Waals surface area contributed by atoms with E-state index in [1.807, 2.05) is 6.07 Å². The summed E-state index contributed by atoms with van der Waals surface area (Å²) in [6, 6.07) is 10.3. The van der Waals surface area contributed by atoms with Gasteiger partial charge in [0.1, 0.15) is 11.7 Å². The van der Waals surface area contributed by atoms with E-state index in [4.69, 9.17) is 10.8 Å². The summed E-state index contributed by atoms with van der Waals surface area (Å²) in [7, 11) is 0. The predicted molar refractivity (Wildman–Crippen MR) is 84.1 cm³/mol. The first-order chi connectivity index (χ1) is 9.45. The Kier molecular flexibility index (Phi) is 2.68. The van der Waals surface area contributed by atoms with E-state index >= 15 is 0 Å². The first kappa shape index (κ1) is 12.9. The van der Waals surface area contributed by atoms with Crippen LogP contribution in [0.15, 0.2) is 30.3 Å². The van der Waals surface area contributed by atoms with Gasteiger partial charge in [0.15, 0.2) is 0 Å². The molecule has 1 heterocycles. The summed E-state index contributed by atoms with van der Waals surface area (Å²) in [6.45, 7) is 6.70. The van der Waals surface area contributed by atoms with Crippen LogP contribution in [0.4, 0.5) is 0 Å². The molecule has 2 aromatic rings. The smallest absolute Gasteiger partial charge is 0.132 e. The average Bonchev–Trinajstić information content (AvgIpc) is 2.73. The lowest BCUT2D eigenvalue weighted by Crippen LogP contribution is -2.20. The Morgan fingerprint density at radius 3 is 2.45 bits per heavy atom. The number of hydrogen-bond donors (Lipinski definition) is 3. The van der Waals surface area contributed by atoms with Crippen LogP contribution in [0.25, 0.3) is 10.8 Å². The minimum atomic E-state index is 0.107. The molecule has 0 fully saturated rings. The Morgan fingerprint density at radius 1 is 1.00 bits per heavy atom. The maximum absolute atomic E-state index is 8.06. The van der Waals surface area contributed by atoms with Crippen LogP contribution in [0.5, 0.6) is 0 Å². The molecule has 0 aliphatic carbocycles. The van der Waals surface area contributed by atoms with Crippen molar-refractivity contribution in [1.29, 1.82) is 10.8 Å². The third-order valence-corrected chi connectivity index (χ3v) is 4.44. The van der Waals surface area contributed by atoms with Gasteiger partial charge in [0.25, 0.3) is 0 Å². The first-order valence-electron chi connectivity index (χ1n) is 6.97. The monoisotopic (exact) mass is 265 g/mol. The third-order valence-electron chi connectivity index (χ3n) is 4.44. The SMILES string of the molecule is CCC(C)(C)c1cccc2c3c(ccc12)C(=N)NC3=N. The number of amidine groups is 2. The van der Waals surface area contributed by atoms with E-state index in [9.17, 15) is 0 Å². The highest BCUT2D eigenvalue weighted by Crippen LogP contribution is 2.35. The van der Waals surface area contributed by atoms with Crippen LogP contribution < -0.4 is 5.32 Å². The van der Waals surface area contributed by atoms with Crippen molar-refractivity contribution >= 4 is 22.4 Å². The van der Waals surface area contributed by atoms with Crippen molar-refractivity contribution in [3.63, 3.8) is 0 Å². The van der Waals surface area contributed by atoms with Gasteiger partial charge >= 0.3 is 0 Å². The van der Waals surface area contributed by atoms with Crippen LogP contribution in [0.3, 0.4) is 0 Å². The van der Waals surface area contributed by atoms with Crippen LogP contribution in [0.1, 0.15) is 43.9 Å². The molecule has 0 bridgehead atoms. The molecule has 20 heavy (non-hydrogen) atoms. The van der Waals surface area contributed by atoms with Crippen molar-refractivity contribution in [2.24, 2.45) is 0 Å². The Bertz CT molecular complexity index is 741. The molecule has 0 spiro atoms. The van der Waals surface area contributed by atoms with E-state index in [1.165, 1.54) is 10.9 Å². The fraction of sp³-hybridized carbons (Fsp3) is 0.294. The standard InChI is InChI=1S/C17H19N3/c1-4-17(2,3)13-7-5-6-11-10(13)8-9-12-14(11)16(19)20-15(12)18/h5-9H,4H2,1-3H3,(H3,18,19,20). The van der Waals surface area contributed by atoms with Gasteiger partial charge in [-0.05, 0) is 34.2 Å². The van der Waals surface area contributed by atoms with Crippen molar-refractivity contribution in [1.82, 2.24) is 5.32 Å². The molecule has 0 amide bonds. The predicted octanol–water partition coefficient (Wildman–Crippen LogP) is 3.78. The Hall–Kier alpha value is -2.16. The zero-order valence-electron chi connectivity index (χ0n) is 12.1. The highest BCUT2D eigenvalue weighted by Gasteiger charge is 2.26. The number of nitrogens with one attached hydrogen (secondary N) is 3. The largest absolute Gasteiger partial charge is 0.325 e. The Labute approximate surface area is 119 Å². The number of benzene rings is 2. The van der Waals surface area contributed by atoms with Crippen LogP contribution in [0.2, 0.25) is 0 Å². The van der Waals surface area contributed by atoms with Gasteiger partial charge in [-0.25, -0.2) is 0 Å². The summed E-state index contributed by atoms with van der Waals surface area (Å²) in [5.41, 5.74) is 3.11. The summed E-state index contributed by atoms with van der Waals surface area (Å²) in [5, 5.41) is 21.0. The fourth-order valence-corrected chi connectivity index (χ4v) is 2.87. The molecule has 0 aromatic heterocycles. The molecule has 0 saturated carbocycles. The first-order valence-corrected chi connectivity index (χ1v) is 6.97. The van der Waals surface area contributed by atoms with Gasteiger partial charge in [-0.3, -0.25) is 10.8 Å². The Morgan fingerprint density at radius 2 is 1.75 bits per heavy atom. The zero-order valence-corrected chi connectivity index (χ0v) is 12.1. The van der Waals surface area contributed by atoms with E-state index in [-0.39, 0.29) is 5.41 Å². The van der Waals surface area contributed by atoms with Gasteiger partial charge in [0.05, 0.1) is 0 Å². The Balaban J connectivity index is 2.38. The van der Waals surface area contributed by atoms with Crippen molar-refractivity contribution in [2.75, 3.05) is 0 Å². The highest BCUT2D eigenvalue weighted by molar-refractivity contribution is 6.28. The van der Waals surface area contributed by atoms with Gasteiger partial charge in [-0.15, -0.1) is 0 Å². The van der Waals surface area contributed by atoms with Crippen LogP contribution in [-0.4, -0.2) is 11.7 Å². The number of rotatable bonds is 2. The number of fused-ring (bicyclic) bond motifs is 3. The van der Waals surface area contributed by atoms with Crippen molar-refractivity contribution < 1.29 is 0 Å². The van der Waals surface area contributed by atoms with Crippen molar-refractivity contribution in [2.45, 2.75) is 32.6 Å². The molecule has 2 aromatic carbocycles. The van der Waals surface area contributed by atoms with Crippen LogP contribution in [-0.2, 0) is 5.41 Å². The van der Waals surface area contributed by atoms with E-state index in [1.54, 1.807) is 0 Å². The minimum absolute atomic E-state index is 0.107. The van der Waals surface area contributed by atoms with E-state index in [0.717, 1.165) is 22.9 Å².